The van der Waals surface area contributed by atoms with Gasteiger partial charge in [-0.1, -0.05) is 72.0 Å². The molecule has 10 heteroatoms. The number of thioether (sulfide) groups is 2. The molecule has 240 valence electrons. The second-order valence-corrected chi connectivity index (χ2v) is 12.9. The summed E-state index contributed by atoms with van der Waals surface area (Å²) in [5.74, 6) is 4.10. The van der Waals surface area contributed by atoms with Crippen LogP contribution in [-0.4, -0.2) is 68.2 Å². The first kappa shape index (κ1) is 41.9. The third-order valence-corrected chi connectivity index (χ3v) is 8.72. The van der Waals surface area contributed by atoms with Crippen molar-refractivity contribution in [3.63, 3.8) is 0 Å². The smallest absolute Gasteiger partial charge is 0.217 e. The van der Waals surface area contributed by atoms with Gasteiger partial charge in [-0.15, -0.1) is 0 Å². The van der Waals surface area contributed by atoms with E-state index in [4.69, 9.17) is 10.5 Å². The Morgan fingerprint density at radius 2 is 1.74 bits per heavy atom. The van der Waals surface area contributed by atoms with Crippen LogP contribution >= 0.6 is 23.5 Å². The highest BCUT2D eigenvalue weighted by Gasteiger charge is 2.16. The van der Waals surface area contributed by atoms with Crippen LogP contribution in [0.3, 0.4) is 0 Å². The largest absolute Gasteiger partial charge is 0.398 e. The molecule has 1 fully saturated rings. The van der Waals surface area contributed by atoms with Crippen molar-refractivity contribution in [3.8, 4) is 0 Å². The van der Waals surface area contributed by atoms with Gasteiger partial charge in [0.15, 0.2) is 0 Å². The molecule has 2 rings (SSSR count). The maximum absolute atomic E-state index is 10.2. The Kier molecular flexibility index (Phi) is 26.3. The van der Waals surface area contributed by atoms with Crippen molar-refractivity contribution >= 4 is 47.8 Å². The number of hydrogen-bond acceptors (Lipinski definition) is 8. The molecule has 0 bridgehead atoms. The van der Waals surface area contributed by atoms with Crippen LogP contribution in [0.1, 0.15) is 71.8 Å². The normalized spacial score (nSPS) is 14.0. The van der Waals surface area contributed by atoms with Gasteiger partial charge in [0.1, 0.15) is 6.29 Å². The fourth-order valence-corrected chi connectivity index (χ4v) is 5.71. The Hall–Kier alpha value is -2.27. The number of allylic oxidation sites excluding steroid dienone is 1. The summed E-state index contributed by atoms with van der Waals surface area (Å²) in [5.41, 5.74) is 17.8. The predicted molar refractivity (Wildman–Crippen MR) is 185 cm³/mol. The van der Waals surface area contributed by atoms with Gasteiger partial charge in [0.2, 0.25) is 12.3 Å². The Bertz CT molecular complexity index is 921. The number of aldehydes is 1. The van der Waals surface area contributed by atoms with E-state index in [-0.39, 0.29) is 12.3 Å². The lowest BCUT2D eigenvalue weighted by molar-refractivity contribution is -0.117. The number of rotatable bonds is 14. The van der Waals surface area contributed by atoms with Crippen LogP contribution in [0.4, 0.5) is 5.69 Å². The van der Waals surface area contributed by atoms with Gasteiger partial charge >= 0.3 is 0 Å². The molecule has 2 atom stereocenters. The number of carbonyl (C=O) groups excluding carboxylic acids is 3. The van der Waals surface area contributed by atoms with Crippen molar-refractivity contribution in [2.24, 2.45) is 23.3 Å². The number of anilines is 1. The average molecular weight is 624 g/mol. The summed E-state index contributed by atoms with van der Waals surface area (Å²) in [7, 11) is 2.04. The van der Waals surface area contributed by atoms with Crippen molar-refractivity contribution < 1.29 is 14.4 Å². The number of nitrogens with two attached hydrogens (primary N) is 3. The van der Waals surface area contributed by atoms with E-state index in [9.17, 15) is 9.59 Å². The van der Waals surface area contributed by atoms with E-state index < -0.39 is 0 Å². The molecule has 2 unspecified atom stereocenters. The van der Waals surface area contributed by atoms with Crippen LogP contribution in [-0.2, 0) is 14.4 Å². The van der Waals surface area contributed by atoms with E-state index in [1.54, 1.807) is 18.7 Å². The van der Waals surface area contributed by atoms with Gasteiger partial charge in [0, 0.05) is 48.1 Å². The van der Waals surface area contributed by atoms with Crippen LogP contribution < -0.4 is 22.5 Å². The lowest BCUT2D eigenvalue weighted by Gasteiger charge is -2.25. The highest BCUT2D eigenvalue weighted by atomic mass is 32.2. The summed E-state index contributed by atoms with van der Waals surface area (Å²) in [6, 6.07) is 6.36. The number of amides is 2. The number of nitrogen functional groups attached to an aromatic ring is 1. The van der Waals surface area contributed by atoms with E-state index in [0.717, 1.165) is 55.4 Å². The van der Waals surface area contributed by atoms with Crippen LogP contribution in [0.15, 0.2) is 46.7 Å². The number of nitrogens with zero attached hydrogens (tertiary/aromatic N) is 1. The Morgan fingerprint density at radius 3 is 2.19 bits per heavy atom. The number of nitrogens with one attached hydrogen (secondary N) is 1. The van der Waals surface area contributed by atoms with Gasteiger partial charge < -0.3 is 22.5 Å². The molecule has 1 aromatic carbocycles. The van der Waals surface area contributed by atoms with Crippen LogP contribution in [0.25, 0.3) is 0 Å². The third-order valence-electron chi connectivity index (χ3n) is 6.71. The fourth-order valence-electron chi connectivity index (χ4n) is 3.82. The van der Waals surface area contributed by atoms with Gasteiger partial charge in [-0.2, -0.15) is 11.8 Å². The number of primary amides is 2. The molecule has 1 aromatic rings. The van der Waals surface area contributed by atoms with E-state index in [1.807, 2.05) is 24.9 Å². The fraction of sp³-hybridized carbons (Fsp3) is 0.594. The maximum atomic E-state index is 10.2. The number of carbonyl (C=O) groups is 3. The molecule has 0 aliphatic carbocycles. The minimum atomic E-state index is -0.245. The Labute approximate surface area is 264 Å². The average Bonchev–Trinajstić information content (AvgIpc) is 2.97. The summed E-state index contributed by atoms with van der Waals surface area (Å²) in [4.78, 5) is 33.1. The van der Waals surface area contributed by atoms with Crippen molar-refractivity contribution in [3.05, 3.63) is 47.4 Å². The molecule has 42 heavy (non-hydrogen) atoms. The standard InChI is InChI=1S/C20H34N2S.C8H13NOS.C3H7NO.CH3NO/c1-7-15(4)18(13-22-6)9-8-16(5)23-20-12-17(14(2)3)10-11-19(20)21;1-8(7-10)6-9-2-4-11-5-3-9;1-2-3(4)5;2-1-3/h10-12,14-15,18,22H,5,7-9,13,21H2,1-4,6H3;7H,1-6H2;2H2,1H3,(H2,4,5);1H,(H2,2,3). The lowest BCUT2D eigenvalue weighted by atomic mass is 9.88. The highest BCUT2D eigenvalue weighted by Crippen LogP contribution is 2.36. The van der Waals surface area contributed by atoms with Crippen molar-refractivity contribution in [1.82, 2.24) is 10.2 Å². The van der Waals surface area contributed by atoms with Crippen LogP contribution in [0.5, 0.6) is 0 Å². The van der Waals surface area contributed by atoms with Gasteiger partial charge in [-0.05, 0) is 72.4 Å². The van der Waals surface area contributed by atoms with Crippen molar-refractivity contribution in [1.29, 1.82) is 0 Å². The molecule has 1 saturated heterocycles. The summed E-state index contributed by atoms with van der Waals surface area (Å²) in [5, 5.41) is 3.33. The van der Waals surface area contributed by atoms with E-state index in [1.165, 1.54) is 34.8 Å². The van der Waals surface area contributed by atoms with Crippen LogP contribution in [0.2, 0.25) is 0 Å². The van der Waals surface area contributed by atoms with E-state index in [0.29, 0.717) is 23.8 Å². The minimum Gasteiger partial charge on any atom is -0.398 e. The summed E-state index contributed by atoms with van der Waals surface area (Å²) >= 11 is 3.71. The highest BCUT2D eigenvalue weighted by molar-refractivity contribution is 8.03. The molecule has 0 saturated carbocycles. The van der Waals surface area contributed by atoms with E-state index in [2.05, 4.69) is 74.7 Å². The second-order valence-electron chi connectivity index (χ2n) is 10.5. The van der Waals surface area contributed by atoms with Crippen molar-refractivity contribution in [2.45, 2.75) is 71.1 Å². The maximum Gasteiger partial charge on any atom is 0.217 e. The minimum absolute atomic E-state index is 0.245. The molecule has 1 aliphatic heterocycles. The molecule has 8 nitrogen and oxygen atoms in total. The zero-order valence-corrected chi connectivity index (χ0v) is 28.5. The van der Waals surface area contributed by atoms with E-state index >= 15 is 0 Å². The first-order valence-electron chi connectivity index (χ1n) is 14.7. The van der Waals surface area contributed by atoms with Crippen molar-refractivity contribution in [2.75, 3.05) is 50.5 Å². The van der Waals surface area contributed by atoms with Crippen LogP contribution in [0, 0.1) is 11.8 Å². The van der Waals surface area contributed by atoms with Gasteiger partial charge in [0.05, 0.1) is 0 Å². The topological polar surface area (TPSA) is 145 Å². The molecular formula is C32H57N5O3S2. The Morgan fingerprint density at radius 1 is 1.17 bits per heavy atom. The summed E-state index contributed by atoms with van der Waals surface area (Å²) < 4.78 is 0. The molecule has 2 amide bonds. The van der Waals surface area contributed by atoms with Gasteiger partial charge in [-0.3, -0.25) is 19.3 Å². The summed E-state index contributed by atoms with van der Waals surface area (Å²) in [6.45, 7) is 22.7. The first-order valence-corrected chi connectivity index (χ1v) is 16.6. The van der Waals surface area contributed by atoms with Gasteiger partial charge in [0.25, 0.3) is 0 Å². The second kappa shape index (κ2) is 26.4. The SMILES string of the molecule is C=C(C=O)CN1CCSCC1.C=C(CCC(CNC)C(C)CC)Sc1cc(C(C)C)ccc1N.CCC(N)=O.NC=O. The summed E-state index contributed by atoms with van der Waals surface area (Å²) in [6.07, 6.45) is 5.01. The molecular weight excluding hydrogens is 567 g/mol. The zero-order chi connectivity index (χ0) is 32.5. The zero-order valence-electron chi connectivity index (χ0n) is 26.8. The molecule has 1 heterocycles. The molecule has 0 spiro atoms. The Balaban J connectivity index is 0. The monoisotopic (exact) mass is 623 g/mol. The molecule has 7 N–H and O–H groups in total. The third kappa shape index (κ3) is 21.4. The quantitative estimate of drug-likeness (QED) is 0.0929. The lowest BCUT2D eigenvalue weighted by Crippen LogP contribution is -2.34. The number of hydrogen-bond donors (Lipinski definition) is 4. The molecule has 1 aliphatic rings. The number of benzene rings is 1. The first-order chi connectivity index (χ1) is 19.9. The molecule has 0 aromatic heterocycles. The predicted octanol–water partition coefficient (Wildman–Crippen LogP) is 5.43. The van der Waals surface area contributed by atoms with Gasteiger partial charge in [-0.25, -0.2) is 0 Å². The molecule has 0 radical (unpaired) electrons.